The number of nitrogens with zero attached hydrogens (tertiary/aromatic N) is 1. The van der Waals surface area contributed by atoms with Crippen molar-refractivity contribution in [2.45, 2.75) is 45.5 Å². The molecule has 0 aromatic heterocycles. The summed E-state index contributed by atoms with van der Waals surface area (Å²) in [6, 6.07) is -0.546. The molecular formula is C11H20N2O2. The Kier molecular flexibility index (Phi) is 3.15. The molecule has 2 atom stereocenters. The summed E-state index contributed by atoms with van der Waals surface area (Å²) in [5, 5.41) is 0. The minimum Gasteiger partial charge on any atom is -0.368 e. The van der Waals surface area contributed by atoms with Crippen molar-refractivity contribution in [3.05, 3.63) is 0 Å². The average Bonchev–Trinajstić information content (AvgIpc) is 2.44. The van der Waals surface area contributed by atoms with Crippen molar-refractivity contribution in [3.8, 4) is 0 Å². The summed E-state index contributed by atoms with van der Waals surface area (Å²) < 4.78 is 15.0. The van der Waals surface area contributed by atoms with Gasteiger partial charge in [-0.15, -0.1) is 0 Å². The van der Waals surface area contributed by atoms with E-state index >= 15 is 0 Å². The normalized spacial score (nSPS) is 26.1. The number of carbonyl (C=O) groups excluding carboxylic acids is 2. The summed E-state index contributed by atoms with van der Waals surface area (Å²) in [4.78, 5) is 24.5. The van der Waals surface area contributed by atoms with Crippen molar-refractivity contribution in [1.29, 1.82) is 0 Å². The number of hydrogen-bond donors (Lipinski definition) is 1. The summed E-state index contributed by atoms with van der Waals surface area (Å²) in [6.45, 7) is 3.76. The second-order valence-electron chi connectivity index (χ2n) is 4.00. The first-order valence-corrected chi connectivity index (χ1v) is 5.33. The van der Waals surface area contributed by atoms with Gasteiger partial charge in [0.25, 0.3) is 0 Å². The van der Waals surface area contributed by atoms with Crippen LogP contribution in [0.3, 0.4) is 0 Å². The van der Waals surface area contributed by atoms with E-state index in [1.54, 1.807) is 0 Å². The maximum absolute atomic E-state index is 11.8. The molecular weight excluding hydrogens is 192 g/mol. The molecule has 0 saturated carbocycles. The SMILES string of the molecule is [2H]C([2H])(C)C[C@@H]1CC(=O)N([C@@H](CC)C(N)=O)C1. The van der Waals surface area contributed by atoms with Crippen molar-refractivity contribution in [3.63, 3.8) is 0 Å². The van der Waals surface area contributed by atoms with Crippen LogP contribution in [0, 0.1) is 5.92 Å². The van der Waals surface area contributed by atoms with E-state index < -0.39 is 18.3 Å². The van der Waals surface area contributed by atoms with Crippen molar-refractivity contribution in [2.75, 3.05) is 6.54 Å². The Labute approximate surface area is 93.6 Å². The van der Waals surface area contributed by atoms with Crippen LogP contribution in [-0.4, -0.2) is 29.3 Å². The molecule has 15 heavy (non-hydrogen) atoms. The van der Waals surface area contributed by atoms with Gasteiger partial charge >= 0.3 is 0 Å². The number of amides is 2. The first-order valence-electron chi connectivity index (χ1n) is 6.33. The van der Waals surface area contributed by atoms with Crippen LogP contribution < -0.4 is 5.73 Å². The Balaban J connectivity index is 2.67. The van der Waals surface area contributed by atoms with Gasteiger partial charge in [0.1, 0.15) is 6.04 Å². The highest BCUT2D eigenvalue weighted by atomic mass is 16.2. The van der Waals surface area contributed by atoms with Crippen LogP contribution in [0.4, 0.5) is 0 Å². The van der Waals surface area contributed by atoms with E-state index in [2.05, 4.69) is 0 Å². The fraction of sp³-hybridized carbons (Fsp3) is 0.818. The minimum atomic E-state index is -1.28. The molecule has 4 nitrogen and oxygen atoms in total. The zero-order valence-electron chi connectivity index (χ0n) is 11.3. The van der Waals surface area contributed by atoms with Gasteiger partial charge in [0.05, 0.1) is 0 Å². The molecule has 0 aromatic rings. The van der Waals surface area contributed by atoms with E-state index in [0.717, 1.165) is 0 Å². The highest BCUT2D eigenvalue weighted by Crippen LogP contribution is 2.24. The zero-order chi connectivity index (χ0) is 13.2. The lowest BCUT2D eigenvalue weighted by Crippen LogP contribution is -2.45. The van der Waals surface area contributed by atoms with E-state index in [1.807, 2.05) is 6.92 Å². The second-order valence-corrected chi connectivity index (χ2v) is 4.00. The van der Waals surface area contributed by atoms with Gasteiger partial charge in [-0.05, 0) is 18.8 Å². The third-order valence-corrected chi connectivity index (χ3v) is 2.82. The van der Waals surface area contributed by atoms with Crippen LogP contribution in [0.2, 0.25) is 0 Å². The van der Waals surface area contributed by atoms with Gasteiger partial charge in [-0.25, -0.2) is 0 Å². The Bertz CT molecular complexity index is 315. The van der Waals surface area contributed by atoms with Crippen molar-refractivity contribution < 1.29 is 12.3 Å². The lowest BCUT2D eigenvalue weighted by molar-refractivity contribution is -0.136. The molecule has 1 aliphatic rings. The molecule has 1 saturated heterocycles. The molecule has 1 fully saturated rings. The van der Waals surface area contributed by atoms with Crippen LogP contribution in [0.1, 0.15) is 42.2 Å². The summed E-state index contributed by atoms with van der Waals surface area (Å²) in [6.07, 6.45) is -0.121. The Hall–Kier alpha value is -1.06. The van der Waals surface area contributed by atoms with Crippen LogP contribution in [0.5, 0.6) is 0 Å². The predicted molar refractivity (Wildman–Crippen MR) is 58.0 cm³/mol. The molecule has 1 heterocycles. The largest absolute Gasteiger partial charge is 0.368 e. The van der Waals surface area contributed by atoms with Crippen LogP contribution >= 0.6 is 0 Å². The van der Waals surface area contributed by atoms with Crippen molar-refractivity contribution in [1.82, 2.24) is 4.90 Å². The number of nitrogens with two attached hydrogens (primary N) is 1. The average molecular weight is 214 g/mol. The van der Waals surface area contributed by atoms with Gasteiger partial charge in [-0.2, -0.15) is 0 Å². The molecule has 0 spiro atoms. The van der Waals surface area contributed by atoms with Gasteiger partial charge in [-0.1, -0.05) is 20.2 Å². The third-order valence-electron chi connectivity index (χ3n) is 2.82. The predicted octanol–water partition coefficient (Wildman–Crippen LogP) is 0.899. The smallest absolute Gasteiger partial charge is 0.240 e. The van der Waals surface area contributed by atoms with Crippen LogP contribution in [0.15, 0.2) is 0 Å². The van der Waals surface area contributed by atoms with Gasteiger partial charge < -0.3 is 10.6 Å². The lowest BCUT2D eigenvalue weighted by atomic mass is 10.0. The molecule has 2 amide bonds. The summed E-state index contributed by atoms with van der Waals surface area (Å²) in [5.74, 6) is -0.596. The topological polar surface area (TPSA) is 63.4 Å². The van der Waals surface area contributed by atoms with E-state index in [-0.39, 0.29) is 11.8 Å². The Morgan fingerprint density at radius 1 is 1.73 bits per heavy atom. The van der Waals surface area contributed by atoms with E-state index in [9.17, 15) is 9.59 Å². The quantitative estimate of drug-likeness (QED) is 0.739. The summed E-state index contributed by atoms with van der Waals surface area (Å²) >= 11 is 0. The van der Waals surface area contributed by atoms with Crippen molar-refractivity contribution >= 4 is 11.8 Å². The van der Waals surface area contributed by atoms with Crippen molar-refractivity contribution in [2.24, 2.45) is 11.7 Å². The monoisotopic (exact) mass is 214 g/mol. The van der Waals surface area contributed by atoms with Crippen LogP contribution in [0.25, 0.3) is 0 Å². The molecule has 0 radical (unpaired) electrons. The van der Waals surface area contributed by atoms with Gasteiger partial charge in [0.15, 0.2) is 0 Å². The summed E-state index contributed by atoms with van der Waals surface area (Å²) in [5.41, 5.74) is 5.26. The van der Waals surface area contributed by atoms with E-state index in [0.29, 0.717) is 25.8 Å². The van der Waals surface area contributed by atoms with Gasteiger partial charge in [0.2, 0.25) is 11.8 Å². The molecule has 1 aliphatic heterocycles. The Morgan fingerprint density at radius 3 is 2.87 bits per heavy atom. The van der Waals surface area contributed by atoms with E-state index in [4.69, 9.17) is 8.48 Å². The van der Waals surface area contributed by atoms with E-state index in [1.165, 1.54) is 11.8 Å². The third kappa shape index (κ3) is 2.70. The lowest BCUT2D eigenvalue weighted by Gasteiger charge is -2.24. The fourth-order valence-electron chi connectivity index (χ4n) is 2.11. The molecule has 86 valence electrons. The maximum Gasteiger partial charge on any atom is 0.240 e. The molecule has 4 heteroatoms. The molecule has 0 aliphatic carbocycles. The number of carbonyl (C=O) groups is 2. The number of likely N-dealkylation sites (tertiary alicyclic amines) is 1. The number of rotatable bonds is 5. The standard InChI is InChI=1S/C11H20N2O2/c1-3-5-8-6-10(14)13(7-8)9(4-2)11(12)15/h8-9H,3-7H2,1-2H3,(H2,12,15)/t8-,9+/m1/s1/i3D2. The highest BCUT2D eigenvalue weighted by Gasteiger charge is 2.35. The first-order chi connectivity index (χ1) is 7.74. The second kappa shape index (κ2) is 5.14. The number of hydrogen-bond acceptors (Lipinski definition) is 2. The van der Waals surface area contributed by atoms with Gasteiger partial charge in [0, 0.05) is 15.7 Å². The fourth-order valence-corrected chi connectivity index (χ4v) is 2.11. The minimum absolute atomic E-state index is 0.0177. The molecule has 0 aromatic carbocycles. The van der Waals surface area contributed by atoms with Gasteiger partial charge in [-0.3, -0.25) is 9.59 Å². The zero-order valence-corrected chi connectivity index (χ0v) is 9.32. The molecule has 1 rings (SSSR count). The first kappa shape index (κ1) is 9.19. The molecule has 0 unspecified atom stereocenters. The molecule has 0 bridgehead atoms. The van der Waals surface area contributed by atoms with Crippen LogP contribution in [-0.2, 0) is 9.59 Å². The maximum atomic E-state index is 11.8. The number of primary amides is 1. The molecule has 2 N–H and O–H groups in total. The Morgan fingerprint density at radius 2 is 2.40 bits per heavy atom. The summed E-state index contributed by atoms with van der Waals surface area (Å²) in [7, 11) is 0. The highest BCUT2D eigenvalue weighted by molar-refractivity contribution is 5.87.